The molecule has 4 aliphatic heterocycles. The predicted molar refractivity (Wildman–Crippen MR) is 307 cm³/mol. The van der Waals surface area contributed by atoms with Crippen LogP contribution in [0.3, 0.4) is 0 Å². The van der Waals surface area contributed by atoms with Gasteiger partial charge in [-0.3, -0.25) is 24.4 Å². The smallest absolute Gasteiger partial charge is 0.341 e. The van der Waals surface area contributed by atoms with E-state index in [9.17, 15) is 69.5 Å². The van der Waals surface area contributed by atoms with Crippen LogP contribution in [-0.4, -0.2) is 251 Å². The van der Waals surface area contributed by atoms with Crippen LogP contribution in [0.15, 0.2) is 54.0 Å². The number of carboxylic acids is 1. The molecule has 1 aromatic carbocycles. The lowest BCUT2D eigenvalue weighted by Crippen LogP contribution is -2.69. The van der Waals surface area contributed by atoms with E-state index in [1.54, 1.807) is 10.8 Å². The van der Waals surface area contributed by atoms with E-state index in [4.69, 9.17) is 70.3 Å². The number of anilines is 1. The number of rotatable bonds is 15. The number of nitrogens with one attached hydrogen (secondary N) is 1. The molecule has 2 amide bonds. The van der Waals surface area contributed by atoms with Crippen LogP contribution >= 0.6 is 12.2 Å². The van der Waals surface area contributed by atoms with Crippen molar-refractivity contribution in [2.45, 2.75) is 137 Å². The van der Waals surface area contributed by atoms with Gasteiger partial charge in [-0.1, -0.05) is 19.1 Å². The van der Waals surface area contributed by atoms with Crippen molar-refractivity contribution in [3.8, 4) is 5.75 Å². The van der Waals surface area contributed by atoms with Crippen LogP contribution in [0.4, 0.5) is 10.1 Å². The minimum Gasteiger partial charge on any atom is -0.487 e. The van der Waals surface area contributed by atoms with E-state index < -0.39 is 133 Å². The summed E-state index contributed by atoms with van der Waals surface area (Å²) in [5, 5.41) is 94.2. The topological polar surface area (TPSA) is 515 Å². The average molecular weight is 1240 g/mol. The first-order chi connectivity index (χ1) is 40.8. The van der Waals surface area contributed by atoms with Gasteiger partial charge in [-0.25, -0.2) is 14.2 Å². The number of carbonyl (C=O) groups is 3. The van der Waals surface area contributed by atoms with Gasteiger partial charge in [-0.15, -0.1) is 0 Å². The Morgan fingerprint density at radius 3 is 2.14 bits per heavy atom. The highest BCUT2D eigenvalue weighted by molar-refractivity contribution is 7.80. The summed E-state index contributed by atoms with van der Waals surface area (Å²) in [7, 11) is 2.02. The molecule has 86 heavy (non-hydrogen) atoms. The zero-order valence-corrected chi connectivity index (χ0v) is 48.2. The molecule has 5 aliphatic rings. The number of likely N-dealkylation sites (N-methyl/N-ethyl adjacent to an activating group) is 1. The van der Waals surface area contributed by atoms with Gasteiger partial charge in [-0.2, -0.15) is 0 Å². The first kappa shape index (κ1) is 68.9. The number of carbonyl (C=O) groups excluding carboxylic acids is 2. The lowest BCUT2D eigenvalue weighted by atomic mass is 9.83. The number of hydrogen-bond donors (Lipinski definition) is 16. The van der Waals surface area contributed by atoms with Crippen LogP contribution in [0.5, 0.6) is 5.75 Å². The molecule has 476 valence electrons. The molecule has 3 saturated heterocycles. The van der Waals surface area contributed by atoms with Crippen molar-refractivity contribution >= 4 is 51.6 Å². The molecule has 1 aliphatic carbocycles. The number of aromatic carboxylic acids is 1. The normalized spacial score (nSPS) is 30.2. The third-order valence-electron chi connectivity index (χ3n) is 15.0. The summed E-state index contributed by atoms with van der Waals surface area (Å²) in [5.74, 6) is -2.94. The molecule has 1 unspecified atom stereocenters. The molecule has 4 aromatic rings. The summed E-state index contributed by atoms with van der Waals surface area (Å²) in [6.07, 6.45) is -11.6. The number of nitrogens with zero attached hydrogens (tertiary/aromatic N) is 6. The van der Waals surface area contributed by atoms with Gasteiger partial charge in [0.1, 0.15) is 95.7 Å². The van der Waals surface area contributed by atoms with Gasteiger partial charge < -0.3 is 124 Å². The summed E-state index contributed by atoms with van der Waals surface area (Å²) in [6, 6.07) is 1.28. The molecule has 0 spiro atoms. The summed E-state index contributed by atoms with van der Waals surface area (Å²) >= 11 is 4.82. The largest absolute Gasteiger partial charge is 0.487 e. The average Bonchev–Trinajstić information content (AvgIpc) is 0.852. The van der Waals surface area contributed by atoms with Gasteiger partial charge in [0.05, 0.1) is 41.8 Å². The predicted octanol–water partition coefficient (Wildman–Crippen LogP) is -6.03. The number of primary amides is 1. The summed E-state index contributed by atoms with van der Waals surface area (Å²) < 4.78 is 45.1. The maximum Gasteiger partial charge on any atom is 0.341 e. The Morgan fingerprint density at radius 2 is 1.56 bits per heavy atom. The van der Waals surface area contributed by atoms with Crippen molar-refractivity contribution in [1.29, 1.82) is 0 Å². The van der Waals surface area contributed by atoms with Gasteiger partial charge in [0.15, 0.2) is 24.1 Å². The summed E-state index contributed by atoms with van der Waals surface area (Å²) in [6.45, 7) is 6.22. The van der Waals surface area contributed by atoms with E-state index in [1.807, 2.05) is 37.9 Å². The van der Waals surface area contributed by atoms with Crippen molar-refractivity contribution in [3.05, 3.63) is 87.7 Å². The minimum atomic E-state index is -1.76. The number of carboxylic acid groups (broad SMARTS) is 1. The Morgan fingerprint density at radius 1 is 0.895 bits per heavy atom. The van der Waals surface area contributed by atoms with Crippen LogP contribution in [0, 0.1) is 5.82 Å². The minimum absolute atomic E-state index is 0.0101. The van der Waals surface area contributed by atoms with E-state index in [2.05, 4.69) is 25.2 Å². The Hall–Kier alpha value is -6.19. The first-order valence-electron chi connectivity index (χ1n) is 27.5. The molecule has 22 N–H and O–H groups in total. The van der Waals surface area contributed by atoms with Gasteiger partial charge in [0.25, 0.3) is 5.91 Å². The highest BCUT2D eigenvalue weighted by Gasteiger charge is 2.53. The molecule has 17 atom stereocenters. The lowest BCUT2D eigenvalue weighted by molar-refractivity contribution is -0.332. The van der Waals surface area contributed by atoms with Gasteiger partial charge in [-0.05, 0) is 58.0 Å². The second-order valence-corrected chi connectivity index (χ2v) is 21.4. The second-order valence-electron chi connectivity index (χ2n) is 21.0. The highest BCUT2D eigenvalue weighted by Crippen LogP contribution is 2.42. The quantitative estimate of drug-likeness (QED) is 0.0493. The number of aliphatic hydroxyl groups excluding tert-OH is 8. The monoisotopic (exact) mass is 1240 g/mol. The number of ether oxygens (including phenoxy) is 5. The number of thiocarbonyl (C=S) groups is 1. The lowest BCUT2D eigenvalue weighted by Gasteiger charge is -2.49. The van der Waals surface area contributed by atoms with Crippen molar-refractivity contribution in [3.63, 3.8) is 0 Å². The summed E-state index contributed by atoms with van der Waals surface area (Å²) in [4.78, 5) is 62.8. The molecule has 0 bridgehead atoms. The van der Waals surface area contributed by atoms with E-state index in [0.29, 0.717) is 35.0 Å². The Labute approximate surface area is 497 Å². The number of aryl methyl sites for hydroxylation is 1. The Kier molecular flexibility index (Phi) is 24.9. The molecule has 1 saturated carbocycles. The number of amides is 2. The molecule has 33 heteroatoms. The van der Waals surface area contributed by atoms with Gasteiger partial charge in [0.2, 0.25) is 11.3 Å². The summed E-state index contributed by atoms with van der Waals surface area (Å²) in [5.41, 5.74) is 35.3. The number of piperazine rings is 1. The third-order valence-corrected chi connectivity index (χ3v) is 15.2. The van der Waals surface area contributed by atoms with Crippen molar-refractivity contribution in [2.75, 3.05) is 64.4 Å². The fraction of sp³-hybridized carbons (Fsp3) is 0.585. The van der Waals surface area contributed by atoms with E-state index in [1.165, 1.54) is 24.8 Å². The number of aromatic nitrogens is 4. The Balaban J connectivity index is 0.000000216. The van der Waals surface area contributed by atoms with Crippen LogP contribution < -0.4 is 54.8 Å². The fourth-order valence-corrected chi connectivity index (χ4v) is 10.1. The van der Waals surface area contributed by atoms with E-state index >= 15 is 0 Å². The SMILES string of the molecule is CC1COc2c(N3CCN(C)CC3)c(F)cc3c(=O)c(C(=O)O)cn1c23.CCc1cc(C(N)=S)ccn1.NC(=O)c1cnccn1.NCC[C@H](O)C(=O)N[C@@H]1C[C@H](N)[C@@H](O[C@H]2O[C@H](CN)[C@@H](O)[C@H](O)[C@H]2O)[C@H](O)[C@H]1O[C@H]1O[C@H](CO)[C@@H](O)[C@H](N)[C@H]1O. The zero-order chi connectivity index (χ0) is 63.4. The van der Waals surface area contributed by atoms with Crippen molar-refractivity contribution in [1.82, 2.24) is 29.7 Å². The van der Waals surface area contributed by atoms with E-state index in [0.717, 1.165) is 36.8 Å². The van der Waals surface area contributed by atoms with Gasteiger partial charge in [0, 0.05) is 74.8 Å². The zero-order valence-electron chi connectivity index (χ0n) is 47.3. The Bertz CT molecular complexity index is 2990. The van der Waals surface area contributed by atoms with Gasteiger partial charge >= 0.3 is 5.97 Å². The van der Waals surface area contributed by atoms with Crippen molar-refractivity contribution < 1.29 is 88.4 Å². The highest BCUT2D eigenvalue weighted by atomic mass is 32.1. The second kappa shape index (κ2) is 31.1. The number of aliphatic hydroxyl groups is 8. The number of hydrogen-bond acceptors (Lipinski definition) is 27. The van der Waals surface area contributed by atoms with Crippen LogP contribution in [0.25, 0.3) is 10.9 Å². The fourth-order valence-electron chi connectivity index (χ4n) is 10.0. The van der Waals surface area contributed by atoms with Crippen LogP contribution in [0.1, 0.15) is 64.8 Å². The number of pyridine rings is 2. The molecule has 3 aromatic heterocycles. The standard InChI is InChI=1S/C22H43N5O13.C18H20FN3O4.C8H10N2S.C5H5N3O/c23-2-1-8(29)20(36)27-7-3-6(25)18(39-22-16(34)15(33)13(31)9(4-24)37-22)17(35)19(7)40-21-14(32)11(26)12(30)10(5-28)38-21;1-10-9-26-17-14-11(16(23)12(18(24)25)8-22(10)14)7-13(19)15(17)21-5-3-20(2)4-6-21;1-2-7-5-6(8(9)11)3-4-10-7;6-5(9)4-3-7-1-2-8-4/h6-19,21-22,28-35H,1-5,23-26H2,(H,27,36);7-8,10H,3-6,9H2,1-2H3,(H,24,25);3-5H,2H2,1H3,(H2,9,11);1-3H,(H2,6,9)/t6-,7+,8-,9+,10+,11-,12+,13+,14+,15-,16+,17-,18+,19-,21+,22+;;;/m0.../s1. The molecular formula is C53H78FN13O18S. The number of halogens is 1. The third kappa shape index (κ3) is 16.3. The van der Waals surface area contributed by atoms with E-state index in [-0.39, 0.29) is 55.2 Å². The molecule has 7 heterocycles. The maximum absolute atomic E-state index is 15.0. The van der Waals surface area contributed by atoms with Crippen molar-refractivity contribution in [2.24, 2.45) is 34.4 Å². The molecule has 4 fully saturated rings. The molecular weight excluding hydrogens is 1160 g/mol. The van der Waals surface area contributed by atoms with Crippen LogP contribution in [-0.2, 0) is 30.2 Å². The number of benzene rings is 1. The molecule has 31 nitrogen and oxygen atoms in total. The molecule has 9 rings (SSSR count). The molecule has 0 radical (unpaired) electrons. The maximum atomic E-state index is 15.0. The first-order valence-corrected chi connectivity index (χ1v) is 27.9. The van der Waals surface area contributed by atoms with Crippen LogP contribution in [0.2, 0.25) is 0 Å². The number of nitrogens with two attached hydrogens (primary N) is 6.